The highest BCUT2D eigenvalue weighted by Crippen LogP contribution is 2.31. The highest BCUT2D eigenvalue weighted by Gasteiger charge is 2.22. The van der Waals surface area contributed by atoms with Crippen LogP contribution in [0.4, 0.5) is 15.8 Å². The molecule has 4 rings (SSSR count). The predicted molar refractivity (Wildman–Crippen MR) is 133 cm³/mol. The second kappa shape index (κ2) is 9.62. The minimum Gasteiger partial charge on any atom is -0.353 e. The first-order valence-corrected chi connectivity index (χ1v) is 11.9. The maximum Gasteiger partial charge on any atom is 0.268 e. The number of rotatable bonds is 6. The summed E-state index contributed by atoms with van der Waals surface area (Å²) in [5, 5.41) is 6.94. The van der Waals surface area contributed by atoms with E-state index in [9.17, 15) is 12.8 Å². The van der Waals surface area contributed by atoms with Crippen LogP contribution in [0.2, 0.25) is 0 Å². The lowest BCUT2D eigenvalue weighted by atomic mass is 10.1. The normalized spacial score (nSPS) is 11.4. The molecule has 3 aromatic carbocycles. The molecule has 0 spiro atoms. The molecule has 0 fully saturated rings. The van der Waals surface area contributed by atoms with Gasteiger partial charge in [-0.15, -0.1) is 12.4 Å². The molecule has 32 heavy (non-hydrogen) atoms. The number of hydrogen-bond donors (Lipinski definition) is 2. The van der Waals surface area contributed by atoms with Gasteiger partial charge in [-0.05, 0) is 67.6 Å². The van der Waals surface area contributed by atoms with Crippen molar-refractivity contribution in [2.45, 2.75) is 18.4 Å². The Balaban J connectivity index is 0.00000289. The van der Waals surface area contributed by atoms with E-state index >= 15 is 0 Å². The lowest BCUT2D eigenvalue weighted by Gasteiger charge is -2.11. The summed E-state index contributed by atoms with van der Waals surface area (Å²) in [7, 11) is -2.02. The van der Waals surface area contributed by atoms with E-state index in [4.69, 9.17) is 0 Å². The van der Waals surface area contributed by atoms with Gasteiger partial charge in [-0.25, -0.2) is 16.8 Å². The van der Waals surface area contributed by atoms with Crippen molar-refractivity contribution in [2.24, 2.45) is 0 Å². The van der Waals surface area contributed by atoms with E-state index in [1.165, 1.54) is 10.0 Å². The molecule has 5 nitrogen and oxygen atoms in total. The summed E-state index contributed by atoms with van der Waals surface area (Å²) in [4.78, 5) is 0.178. The van der Waals surface area contributed by atoms with Crippen LogP contribution in [-0.2, 0) is 16.6 Å². The topological polar surface area (TPSA) is 63.1 Å². The fraction of sp³-hybridized carbons (Fsp3) is 0.130. The van der Waals surface area contributed by atoms with Crippen LogP contribution in [0.3, 0.4) is 0 Å². The fourth-order valence-corrected chi connectivity index (χ4v) is 5.47. The molecular formula is C23H22BrClFN3O2S. The number of halogens is 3. The second-order valence-corrected chi connectivity index (χ2v) is 10.0. The van der Waals surface area contributed by atoms with Crippen molar-refractivity contribution in [3.05, 3.63) is 88.3 Å². The summed E-state index contributed by atoms with van der Waals surface area (Å²) in [5.41, 5.74) is 3.11. The van der Waals surface area contributed by atoms with Gasteiger partial charge in [-0.2, -0.15) is 0 Å². The summed E-state index contributed by atoms with van der Waals surface area (Å²) in [6.45, 7) is 2.33. The third-order valence-electron chi connectivity index (χ3n) is 4.98. The minimum atomic E-state index is -3.83. The molecule has 0 aliphatic rings. The van der Waals surface area contributed by atoms with Crippen LogP contribution < -0.4 is 10.6 Å². The number of aryl methyl sites for hydroxylation is 1. The molecule has 0 aliphatic carbocycles. The largest absolute Gasteiger partial charge is 0.353 e. The number of hydrogen-bond acceptors (Lipinski definition) is 4. The molecule has 0 bridgehead atoms. The second-order valence-electron chi connectivity index (χ2n) is 7.28. The molecule has 0 amide bonds. The molecule has 0 aliphatic heterocycles. The highest BCUT2D eigenvalue weighted by atomic mass is 79.9. The van der Waals surface area contributed by atoms with Gasteiger partial charge in [0.25, 0.3) is 10.0 Å². The lowest BCUT2D eigenvalue weighted by molar-refractivity contribution is 0.589. The number of anilines is 2. The SMILES string of the molecule is CNCc1cn(S(=O)(=O)c2cccc(Br)c2)c2cc(Nc3ccc(C)cc3F)ccc12.Cl. The van der Waals surface area contributed by atoms with Gasteiger partial charge >= 0.3 is 0 Å². The van der Waals surface area contributed by atoms with Gasteiger partial charge in [-0.1, -0.05) is 34.1 Å². The number of nitrogens with zero attached hydrogens (tertiary/aromatic N) is 1. The van der Waals surface area contributed by atoms with Gasteiger partial charge in [0.1, 0.15) is 5.82 Å². The Kier molecular flexibility index (Phi) is 7.29. The van der Waals surface area contributed by atoms with E-state index in [0.29, 0.717) is 27.9 Å². The first-order chi connectivity index (χ1) is 14.8. The number of fused-ring (bicyclic) bond motifs is 1. The summed E-state index contributed by atoms with van der Waals surface area (Å²) in [5.74, 6) is -0.367. The molecule has 1 aromatic heterocycles. The Morgan fingerprint density at radius 2 is 1.84 bits per heavy atom. The van der Waals surface area contributed by atoms with E-state index < -0.39 is 10.0 Å². The van der Waals surface area contributed by atoms with E-state index in [0.717, 1.165) is 16.5 Å². The molecule has 0 saturated carbocycles. The molecular weight excluding hydrogens is 517 g/mol. The molecule has 9 heteroatoms. The molecule has 168 valence electrons. The zero-order chi connectivity index (χ0) is 22.2. The summed E-state index contributed by atoms with van der Waals surface area (Å²) in [6, 6.07) is 16.9. The van der Waals surface area contributed by atoms with E-state index in [-0.39, 0.29) is 23.1 Å². The first kappa shape index (κ1) is 24.3. The van der Waals surface area contributed by atoms with Gasteiger partial charge in [0, 0.05) is 28.3 Å². The smallest absolute Gasteiger partial charge is 0.268 e. The zero-order valence-electron chi connectivity index (χ0n) is 17.4. The monoisotopic (exact) mass is 537 g/mol. The molecule has 0 unspecified atom stereocenters. The van der Waals surface area contributed by atoms with Crippen LogP contribution in [0, 0.1) is 12.7 Å². The van der Waals surface area contributed by atoms with E-state index in [1.807, 2.05) is 32.2 Å². The van der Waals surface area contributed by atoms with Crippen LogP contribution in [-0.4, -0.2) is 19.4 Å². The van der Waals surface area contributed by atoms with Gasteiger partial charge in [-0.3, -0.25) is 0 Å². The summed E-state index contributed by atoms with van der Waals surface area (Å²) >= 11 is 3.34. The number of aromatic nitrogens is 1. The maximum atomic E-state index is 14.3. The number of nitrogens with one attached hydrogen (secondary N) is 2. The van der Waals surface area contributed by atoms with Crippen molar-refractivity contribution in [1.82, 2.24) is 9.29 Å². The third-order valence-corrected chi connectivity index (χ3v) is 7.14. The minimum absolute atomic E-state index is 0. The Morgan fingerprint density at radius 3 is 2.53 bits per heavy atom. The van der Waals surface area contributed by atoms with E-state index in [1.54, 1.807) is 42.6 Å². The van der Waals surface area contributed by atoms with Crippen molar-refractivity contribution < 1.29 is 12.8 Å². The Morgan fingerprint density at radius 1 is 1.06 bits per heavy atom. The molecule has 0 radical (unpaired) electrons. The maximum absolute atomic E-state index is 14.3. The van der Waals surface area contributed by atoms with Crippen LogP contribution in [0.25, 0.3) is 10.9 Å². The van der Waals surface area contributed by atoms with Crippen LogP contribution in [0.5, 0.6) is 0 Å². The standard InChI is InChI=1S/C23H21BrFN3O2S.ClH/c1-15-6-9-22(21(25)10-15)27-18-7-8-20-16(13-26-2)14-28(23(20)12-18)31(29,30)19-5-3-4-17(24)11-19;/h3-12,14,26-27H,13H2,1-2H3;1H. The number of benzene rings is 3. The molecule has 0 atom stereocenters. The van der Waals surface area contributed by atoms with E-state index in [2.05, 4.69) is 26.6 Å². The molecule has 0 saturated heterocycles. The van der Waals surface area contributed by atoms with Gasteiger partial charge in [0.05, 0.1) is 16.1 Å². The van der Waals surface area contributed by atoms with Crippen LogP contribution in [0.15, 0.2) is 76.2 Å². The fourth-order valence-electron chi connectivity index (χ4n) is 3.49. The quantitative estimate of drug-likeness (QED) is 0.317. The average Bonchev–Trinajstić information content (AvgIpc) is 3.09. The van der Waals surface area contributed by atoms with Crippen molar-refractivity contribution in [3.63, 3.8) is 0 Å². The lowest BCUT2D eigenvalue weighted by Crippen LogP contribution is -2.12. The average molecular weight is 539 g/mol. The van der Waals surface area contributed by atoms with Crippen LogP contribution >= 0.6 is 28.3 Å². The first-order valence-electron chi connectivity index (χ1n) is 9.62. The van der Waals surface area contributed by atoms with Gasteiger partial charge < -0.3 is 10.6 Å². The van der Waals surface area contributed by atoms with Crippen molar-refractivity contribution in [1.29, 1.82) is 0 Å². The third kappa shape index (κ3) is 4.68. The van der Waals surface area contributed by atoms with Gasteiger partial charge in [0.15, 0.2) is 0 Å². The predicted octanol–water partition coefficient (Wildman–Crippen LogP) is 5.97. The van der Waals surface area contributed by atoms with Crippen molar-refractivity contribution in [3.8, 4) is 0 Å². The van der Waals surface area contributed by atoms with Crippen LogP contribution in [0.1, 0.15) is 11.1 Å². The summed E-state index contributed by atoms with van der Waals surface area (Å²) < 4.78 is 43.1. The Bertz CT molecular complexity index is 1390. The molecule has 1 heterocycles. The summed E-state index contributed by atoms with van der Waals surface area (Å²) in [6.07, 6.45) is 1.63. The van der Waals surface area contributed by atoms with Crippen molar-refractivity contribution >= 4 is 60.6 Å². The molecule has 4 aromatic rings. The van der Waals surface area contributed by atoms with Crippen molar-refractivity contribution in [2.75, 3.05) is 12.4 Å². The van der Waals surface area contributed by atoms with Gasteiger partial charge in [0.2, 0.25) is 0 Å². The highest BCUT2D eigenvalue weighted by molar-refractivity contribution is 9.10. The Labute approximate surface area is 201 Å². The molecule has 2 N–H and O–H groups in total. The Hall–Kier alpha value is -2.39. The zero-order valence-corrected chi connectivity index (χ0v) is 20.6.